The van der Waals surface area contributed by atoms with Crippen molar-refractivity contribution in [2.24, 2.45) is 5.92 Å². The number of hydrogen-bond acceptors (Lipinski definition) is 3. The van der Waals surface area contributed by atoms with Crippen LogP contribution in [0.1, 0.15) is 42.4 Å². The van der Waals surface area contributed by atoms with Crippen LogP contribution in [0, 0.1) is 12.8 Å². The first-order valence-corrected chi connectivity index (χ1v) is 10.2. The first-order valence-electron chi connectivity index (χ1n) is 10.2. The Bertz CT molecular complexity index is 795. The van der Waals surface area contributed by atoms with Gasteiger partial charge in [-0.1, -0.05) is 66.6 Å². The topological polar surface area (TPSA) is 32.7 Å². The summed E-state index contributed by atoms with van der Waals surface area (Å²) < 4.78 is 5.93. The maximum absolute atomic E-state index is 12.4. The van der Waals surface area contributed by atoms with Gasteiger partial charge in [0.15, 0.2) is 0 Å². The van der Waals surface area contributed by atoms with Crippen molar-refractivity contribution < 1.29 is 9.84 Å². The minimum absolute atomic E-state index is 0.108. The van der Waals surface area contributed by atoms with E-state index in [4.69, 9.17) is 4.74 Å². The summed E-state index contributed by atoms with van der Waals surface area (Å²) in [6.07, 6.45) is 4.01. The molecule has 2 unspecified atom stereocenters. The van der Waals surface area contributed by atoms with Gasteiger partial charge in [-0.25, -0.2) is 0 Å². The molecular formula is C25H33NO2. The fourth-order valence-electron chi connectivity index (χ4n) is 4.51. The van der Waals surface area contributed by atoms with E-state index in [1.165, 1.54) is 5.56 Å². The van der Waals surface area contributed by atoms with Crippen LogP contribution in [0.3, 0.4) is 0 Å². The summed E-state index contributed by atoms with van der Waals surface area (Å²) in [7, 11) is 5.88. The molecule has 2 aromatic rings. The third kappa shape index (κ3) is 4.16. The van der Waals surface area contributed by atoms with Crippen LogP contribution < -0.4 is 0 Å². The van der Waals surface area contributed by atoms with E-state index in [1.54, 1.807) is 7.11 Å². The molecule has 150 valence electrons. The lowest BCUT2D eigenvalue weighted by Gasteiger charge is -2.39. The van der Waals surface area contributed by atoms with Crippen LogP contribution in [-0.4, -0.2) is 37.8 Å². The van der Waals surface area contributed by atoms with Gasteiger partial charge in [0.1, 0.15) is 11.4 Å². The van der Waals surface area contributed by atoms with Crippen LogP contribution in [0.5, 0.6) is 0 Å². The Morgan fingerprint density at radius 3 is 2.36 bits per heavy atom. The van der Waals surface area contributed by atoms with Crippen LogP contribution in [-0.2, 0) is 10.3 Å². The number of hydrogen-bond donors (Lipinski definition) is 1. The van der Waals surface area contributed by atoms with Crippen LogP contribution in [0.15, 0.2) is 60.2 Å². The highest BCUT2D eigenvalue weighted by Gasteiger charge is 2.45. The van der Waals surface area contributed by atoms with Crippen LogP contribution in [0.2, 0.25) is 0 Å². The van der Waals surface area contributed by atoms with Crippen molar-refractivity contribution in [3.8, 4) is 0 Å². The molecule has 0 saturated heterocycles. The summed E-state index contributed by atoms with van der Waals surface area (Å²) in [5, 5.41) is 12.4. The van der Waals surface area contributed by atoms with Gasteiger partial charge in [-0.3, -0.25) is 0 Å². The SMILES string of the molecule is COC(=C1CCCCC(CN(C)C)C1(O)c1ccc(C)cc1)c1ccccc1. The number of nitrogens with zero attached hydrogens (tertiary/aromatic N) is 1. The normalized spacial score (nSPS) is 24.7. The molecule has 1 aliphatic carbocycles. The van der Waals surface area contributed by atoms with Crippen molar-refractivity contribution in [3.05, 3.63) is 76.9 Å². The zero-order chi connectivity index (χ0) is 20.1. The summed E-state index contributed by atoms with van der Waals surface area (Å²) in [6, 6.07) is 18.5. The highest BCUT2D eigenvalue weighted by Crippen LogP contribution is 2.47. The van der Waals surface area contributed by atoms with Crippen molar-refractivity contribution in [1.29, 1.82) is 0 Å². The summed E-state index contributed by atoms with van der Waals surface area (Å²) in [5.41, 5.74) is 3.15. The molecule has 2 aromatic carbocycles. The molecule has 0 heterocycles. The highest BCUT2D eigenvalue weighted by molar-refractivity contribution is 5.66. The predicted molar refractivity (Wildman–Crippen MR) is 116 cm³/mol. The average molecular weight is 380 g/mol. The third-order valence-corrected chi connectivity index (χ3v) is 5.87. The Morgan fingerprint density at radius 2 is 1.75 bits per heavy atom. The Kier molecular flexibility index (Phi) is 6.58. The largest absolute Gasteiger partial charge is 0.496 e. The Hall–Kier alpha value is -2.10. The van der Waals surface area contributed by atoms with Gasteiger partial charge >= 0.3 is 0 Å². The van der Waals surface area contributed by atoms with Gasteiger partial charge in [0.25, 0.3) is 0 Å². The van der Waals surface area contributed by atoms with Gasteiger partial charge in [-0.15, -0.1) is 0 Å². The number of aliphatic hydroxyl groups is 1. The molecule has 3 nitrogen and oxygen atoms in total. The van der Waals surface area contributed by atoms with Gasteiger partial charge in [-0.05, 0) is 45.8 Å². The lowest BCUT2D eigenvalue weighted by atomic mass is 9.73. The molecule has 1 saturated carbocycles. The molecule has 0 spiro atoms. The summed E-state index contributed by atoms with van der Waals surface area (Å²) in [4.78, 5) is 2.18. The zero-order valence-electron chi connectivity index (χ0n) is 17.6. The molecule has 0 aromatic heterocycles. The van der Waals surface area contributed by atoms with Crippen molar-refractivity contribution in [2.75, 3.05) is 27.7 Å². The molecule has 0 aliphatic heterocycles. The standard InChI is InChI=1S/C25H33NO2/c1-19-14-16-21(17-15-19)25(27)22(18-26(2)3)12-8-9-13-23(25)24(28-4)20-10-6-5-7-11-20/h5-7,10-11,14-17,22,27H,8-9,12-13,18H2,1-4H3. The zero-order valence-corrected chi connectivity index (χ0v) is 17.6. The smallest absolute Gasteiger partial charge is 0.128 e. The summed E-state index contributed by atoms with van der Waals surface area (Å²) >= 11 is 0. The summed E-state index contributed by atoms with van der Waals surface area (Å²) in [6.45, 7) is 2.92. The molecule has 0 radical (unpaired) electrons. The predicted octanol–water partition coefficient (Wildman–Crippen LogP) is 4.99. The van der Waals surface area contributed by atoms with Gasteiger partial charge in [0.2, 0.25) is 0 Å². The number of rotatable bonds is 5. The van der Waals surface area contributed by atoms with Gasteiger partial charge in [0.05, 0.1) is 7.11 Å². The third-order valence-electron chi connectivity index (χ3n) is 5.87. The van der Waals surface area contributed by atoms with Crippen molar-refractivity contribution in [3.63, 3.8) is 0 Å². The molecule has 3 rings (SSSR count). The molecule has 3 heteroatoms. The lowest BCUT2D eigenvalue weighted by Crippen LogP contribution is -2.42. The number of aryl methyl sites for hydroxylation is 1. The second-order valence-electron chi connectivity index (χ2n) is 8.22. The Morgan fingerprint density at radius 1 is 1.07 bits per heavy atom. The lowest BCUT2D eigenvalue weighted by molar-refractivity contribution is -0.00158. The van der Waals surface area contributed by atoms with Crippen molar-refractivity contribution in [1.82, 2.24) is 4.90 Å². The Balaban J connectivity index is 2.24. The van der Waals surface area contributed by atoms with Gasteiger partial charge in [0, 0.05) is 23.6 Å². The molecule has 1 aliphatic rings. The molecule has 2 atom stereocenters. The minimum atomic E-state index is -1.05. The van der Waals surface area contributed by atoms with E-state index in [2.05, 4.69) is 62.3 Å². The van der Waals surface area contributed by atoms with E-state index in [9.17, 15) is 5.11 Å². The number of ether oxygens (including phenoxy) is 1. The van der Waals surface area contributed by atoms with Crippen LogP contribution in [0.25, 0.3) is 5.76 Å². The van der Waals surface area contributed by atoms with Gasteiger partial charge in [-0.2, -0.15) is 0 Å². The van der Waals surface area contributed by atoms with Crippen molar-refractivity contribution in [2.45, 2.75) is 38.2 Å². The van der Waals surface area contributed by atoms with E-state index in [1.807, 2.05) is 18.2 Å². The van der Waals surface area contributed by atoms with E-state index in [-0.39, 0.29) is 5.92 Å². The van der Waals surface area contributed by atoms with Crippen LogP contribution >= 0.6 is 0 Å². The number of methoxy groups -OCH3 is 1. The maximum atomic E-state index is 12.4. The molecule has 1 N–H and O–H groups in total. The van der Waals surface area contributed by atoms with Crippen LogP contribution in [0.4, 0.5) is 0 Å². The Labute approximate surface area is 169 Å². The summed E-state index contributed by atoms with van der Waals surface area (Å²) in [5.74, 6) is 0.922. The van der Waals surface area contributed by atoms with E-state index in [0.29, 0.717) is 0 Å². The van der Waals surface area contributed by atoms with E-state index >= 15 is 0 Å². The molecule has 0 bridgehead atoms. The quantitative estimate of drug-likeness (QED) is 0.587. The van der Waals surface area contributed by atoms with Gasteiger partial charge < -0.3 is 14.7 Å². The fourth-order valence-corrected chi connectivity index (χ4v) is 4.51. The first-order chi connectivity index (χ1) is 13.5. The van der Waals surface area contributed by atoms with Crippen molar-refractivity contribution >= 4 is 5.76 Å². The fraction of sp³-hybridized carbons (Fsp3) is 0.440. The second-order valence-corrected chi connectivity index (χ2v) is 8.22. The molecule has 28 heavy (non-hydrogen) atoms. The minimum Gasteiger partial charge on any atom is -0.496 e. The monoisotopic (exact) mass is 379 g/mol. The second kappa shape index (κ2) is 8.93. The first kappa shape index (κ1) is 20.6. The van der Waals surface area contributed by atoms with E-state index < -0.39 is 5.60 Å². The molecule has 0 amide bonds. The van der Waals surface area contributed by atoms with E-state index in [0.717, 1.165) is 54.7 Å². The average Bonchev–Trinajstić information content (AvgIpc) is 2.84. The highest BCUT2D eigenvalue weighted by atomic mass is 16.5. The maximum Gasteiger partial charge on any atom is 0.128 e. The molecule has 1 fully saturated rings. The molecular weight excluding hydrogens is 346 g/mol. The number of benzene rings is 2.